The molecule has 7 nitrogen and oxygen atoms in total. The monoisotopic (exact) mass is 409 g/mol. The van der Waals surface area contributed by atoms with Gasteiger partial charge in [0.2, 0.25) is 0 Å². The first-order valence-electron chi connectivity index (χ1n) is 9.53. The highest BCUT2D eigenvalue weighted by atomic mass is 35.5. The molecule has 2 aromatic carbocycles. The molecule has 148 valence electrons. The van der Waals surface area contributed by atoms with Crippen LogP contribution in [0.25, 0.3) is 32.9 Å². The lowest BCUT2D eigenvalue weighted by molar-refractivity contribution is 0.0986. The molecule has 3 heterocycles. The Bertz CT molecular complexity index is 1210. The summed E-state index contributed by atoms with van der Waals surface area (Å²) in [6, 6.07) is 10.2. The van der Waals surface area contributed by atoms with Crippen LogP contribution in [0.5, 0.6) is 0 Å². The maximum Gasteiger partial charge on any atom is 0.178 e. The van der Waals surface area contributed by atoms with Gasteiger partial charge in [-0.05, 0) is 36.8 Å². The van der Waals surface area contributed by atoms with Crippen molar-refractivity contribution in [2.24, 2.45) is 0 Å². The third kappa shape index (κ3) is 2.97. The number of morpholine rings is 1. The van der Waals surface area contributed by atoms with Gasteiger partial charge in [-0.2, -0.15) is 5.10 Å². The summed E-state index contributed by atoms with van der Waals surface area (Å²) in [4.78, 5) is 2.25. The maximum absolute atomic E-state index is 6.56. The molecule has 0 aliphatic carbocycles. The molecule has 1 fully saturated rings. The molecule has 8 heteroatoms. The number of rotatable bonds is 3. The van der Waals surface area contributed by atoms with Gasteiger partial charge < -0.3 is 19.5 Å². The number of hydrogen-bond acceptors (Lipinski definition) is 7. The van der Waals surface area contributed by atoms with Crippen molar-refractivity contribution in [1.82, 2.24) is 15.4 Å². The number of halogens is 1. The van der Waals surface area contributed by atoms with Crippen molar-refractivity contribution in [1.29, 1.82) is 0 Å². The first-order valence-corrected chi connectivity index (χ1v) is 9.91. The van der Waals surface area contributed by atoms with E-state index in [9.17, 15) is 0 Å². The molecule has 29 heavy (non-hydrogen) atoms. The van der Waals surface area contributed by atoms with Gasteiger partial charge in [-0.25, -0.2) is 0 Å². The molecule has 5 rings (SSSR count). The zero-order valence-electron chi connectivity index (χ0n) is 16.1. The number of ether oxygens (including phenoxy) is 1. The predicted molar refractivity (Wildman–Crippen MR) is 115 cm³/mol. The van der Waals surface area contributed by atoms with E-state index in [2.05, 4.69) is 44.6 Å². The predicted octanol–water partition coefficient (Wildman–Crippen LogP) is 4.36. The third-order valence-corrected chi connectivity index (χ3v) is 5.71. The summed E-state index contributed by atoms with van der Waals surface area (Å²) in [5.74, 6) is 1.57. The van der Waals surface area contributed by atoms with Gasteiger partial charge in [0.1, 0.15) is 0 Å². The lowest BCUT2D eigenvalue weighted by atomic mass is 10.00. The fourth-order valence-corrected chi connectivity index (χ4v) is 4.17. The Balaban J connectivity index is 1.66. The zero-order chi connectivity index (χ0) is 20.0. The molecule has 0 saturated carbocycles. The zero-order valence-corrected chi connectivity index (χ0v) is 16.9. The van der Waals surface area contributed by atoms with Crippen LogP contribution in [0.2, 0.25) is 5.02 Å². The van der Waals surface area contributed by atoms with Crippen molar-refractivity contribution in [3.05, 3.63) is 41.6 Å². The fraction of sp³-hybridized carbons (Fsp3) is 0.286. The summed E-state index contributed by atoms with van der Waals surface area (Å²) in [6.45, 7) is 4.31. The number of nitrogens with zero attached hydrogens (tertiary/aromatic N) is 4. The van der Waals surface area contributed by atoms with Crippen molar-refractivity contribution in [2.45, 2.75) is 13.0 Å². The summed E-state index contributed by atoms with van der Waals surface area (Å²) >= 11 is 6.56. The number of aromatic nitrogens is 3. The van der Waals surface area contributed by atoms with Crippen molar-refractivity contribution in [2.75, 3.05) is 37.0 Å². The normalized spacial score (nSPS) is 17.2. The molecule has 0 radical (unpaired) electrons. The molecule has 0 amide bonds. The quantitative estimate of drug-likeness (QED) is 0.538. The molecule has 0 spiro atoms. The van der Waals surface area contributed by atoms with Crippen molar-refractivity contribution >= 4 is 45.0 Å². The van der Waals surface area contributed by atoms with Crippen LogP contribution in [0.4, 0.5) is 11.6 Å². The van der Waals surface area contributed by atoms with Crippen LogP contribution in [0.1, 0.15) is 6.92 Å². The van der Waals surface area contributed by atoms with E-state index < -0.39 is 0 Å². The fourth-order valence-electron chi connectivity index (χ4n) is 3.91. The Morgan fingerprint density at radius 2 is 2.07 bits per heavy atom. The molecule has 0 unspecified atom stereocenters. The largest absolute Gasteiger partial charge is 0.377 e. The second-order valence-electron chi connectivity index (χ2n) is 7.17. The summed E-state index contributed by atoms with van der Waals surface area (Å²) in [5, 5.41) is 19.4. The second kappa shape index (κ2) is 7.17. The minimum atomic E-state index is 0.251. The molecule has 1 saturated heterocycles. The van der Waals surface area contributed by atoms with Crippen LogP contribution in [0, 0.1) is 0 Å². The highest BCUT2D eigenvalue weighted by Gasteiger charge is 2.23. The van der Waals surface area contributed by atoms with Gasteiger partial charge in [-0.15, -0.1) is 5.10 Å². The average molecular weight is 410 g/mol. The van der Waals surface area contributed by atoms with Gasteiger partial charge in [-0.3, -0.25) is 0 Å². The standard InChI is InChI=1S/C21H20ClN5O2/c1-12-11-28-8-7-27(12)21-15-4-3-13(9-14(15)10-24-25-21)18-17(22)6-5-16-19(18)29-26-20(16)23-2/h3-6,9-10,12H,7-8,11H2,1-2H3,(H,23,26)/t12-/m0/s1. The van der Waals surface area contributed by atoms with E-state index in [0.717, 1.165) is 39.6 Å². The molecular weight excluding hydrogens is 390 g/mol. The Hall–Kier alpha value is -2.90. The van der Waals surface area contributed by atoms with E-state index in [1.807, 2.05) is 25.2 Å². The highest BCUT2D eigenvalue weighted by molar-refractivity contribution is 6.35. The molecule has 4 aromatic rings. The number of benzene rings is 2. The average Bonchev–Trinajstić information content (AvgIpc) is 3.16. The minimum absolute atomic E-state index is 0.251. The molecule has 1 N–H and O–H groups in total. The van der Waals surface area contributed by atoms with Crippen LogP contribution in [0.15, 0.2) is 41.1 Å². The van der Waals surface area contributed by atoms with Crippen molar-refractivity contribution < 1.29 is 9.26 Å². The minimum Gasteiger partial charge on any atom is -0.377 e. The topological polar surface area (TPSA) is 76.3 Å². The molecule has 0 bridgehead atoms. The van der Waals surface area contributed by atoms with E-state index in [1.165, 1.54) is 0 Å². The maximum atomic E-state index is 6.56. The van der Waals surface area contributed by atoms with E-state index in [4.69, 9.17) is 20.9 Å². The van der Waals surface area contributed by atoms with Crippen LogP contribution >= 0.6 is 11.6 Å². The third-order valence-electron chi connectivity index (χ3n) is 5.40. The Labute approximate surface area is 172 Å². The van der Waals surface area contributed by atoms with Crippen molar-refractivity contribution in [3.8, 4) is 11.1 Å². The molecule has 2 aromatic heterocycles. The van der Waals surface area contributed by atoms with Crippen LogP contribution < -0.4 is 10.2 Å². The van der Waals surface area contributed by atoms with Crippen LogP contribution in [-0.2, 0) is 4.74 Å². The Morgan fingerprint density at radius 3 is 2.90 bits per heavy atom. The van der Waals surface area contributed by atoms with E-state index in [-0.39, 0.29) is 6.04 Å². The Kier molecular flexibility index (Phi) is 4.49. The summed E-state index contributed by atoms with van der Waals surface area (Å²) in [7, 11) is 1.81. The van der Waals surface area contributed by atoms with Gasteiger partial charge in [0.05, 0.1) is 35.9 Å². The first-order chi connectivity index (χ1) is 14.2. The second-order valence-corrected chi connectivity index (χ2v) is 7.57. The van der Waals surface area contributed by atoms with Gasteiger partial charge >= 0.3 is 0 Å². The van der Waals surface area contributed by atoms with Crippen molar-refractivity contribution in [3.63, 3.8) is 0 Å². The first kappa shape index (κ1) is 18.1. The number of nitrogens with one attached hydrogen (secondary N) is 1. The molecule has 1 aliphatic rings. The molecular formula is C21H20ClN5O2. The molecule has 1 aliphatic heterocycles. The number of hydrogen-bond donors (Lipinski definition) is 1. The Morgan fingerprint density at radius 1 is 1.21 bits per heavy atom. The summed E-state index contributed by atoms with van der Waals surface area (Å²) < 4.78 is 11.2. The van der Waals surface area contributed by atoms with Gasteiger partial charge in [-0.1, -0.05) is 22.8 Å². The van der Waals surface area contributed by atoms with Gasteiger partial charge in [0, 0.05) is 29.9 Å². The number of fused-ring (bicyclic) bond motifs is 2. The van der Waals surface area contributed by atoms with Crippen LogP contribution in [-0.4, -0.2) is 48.2 Å². The van der Waals surface area contributed by atoms with E-state index in [0.29, 0.717) is 29.6 Å². The molecule has 1 atom stereocenters. The van der Waals surface area contributed by atoms with Gasteiger partial charge in [0.15, 0.2) is 17.2 Å². The van der Waals surface area contributed by atoms with Crippen LogP contribution in [0.3, 0.4) is 0 Å². The lowest BCUT2D eigenvalue weighted by Crippen LogP contribution is -2.44. The smallest absolute Gasteiger partial charge is 0.178 e. The van der Waals surface area contributed by atoms with E-state index >= 15 is 0 Å². The SMILES string of the molecule is CNc1noc2c(-c3ccc4c(N5CCOC[C@@H]5C)nncc4c3)c(Cl)ccc12. The lowest BCUT2D eigenvalue weighted by Gasteiger charge is -2.34. The summed E-state index contributed by atoms with van der Waals surface area (Å²) in [5.41, 5.74) is 2.42. The van der Waals surface area contributed by atoms with E-state index in [1.54, 1.807) is 6.20 Å². The number of anilines is 2. The van der Waals surface area contributed by atoms with Gasteiger partial charge in [0.25, 0.3) is 0 Å². The highest BCUT2D eigenvalue weighted by Crippen LogP contribution is 2.39. The summed E-state index contributed by atoms with van der Waals surface area (Å²) in [6.07, 6.45) is 1.78.